The van der Waals surface area contributed by atoms with Gasteiger partial charge in [0.1, 0.15) is 6.04 Å². The average Bonchev–Trinajstić information content (AvgIpc) is 2.44. The number of amides is 1. The zero-order valence-electron chi connectivity index (χ0n) is 12.1. The predicted molar refractivity (Wildman–Crippen MR) is 82.8 cm³/mol. The quantitative estimate of drug-likeness (QED) is 0.948. The third-order valence-electron chi connectivity index (χ3n) is 3.17. The normalized spacial score (nSPS) is 12.0. The van der Waals surface area contributed by atoms with Gasteiger partial charge in [0.25, 0.3) is 5.56 Å². The third-order valence-corrected chi connectivity index (χ3v) is 3.49. The summed E-state index contributed by atoms with van der Waals surface area (Å²) in [6.07, 6.45) is 0. The van der Waals surface area contributed by atoms with Crippen molar-refractivity contribution in [1.29, 1.82) is 0 Å². The summed E-state index contributed by atoms with van der Waals surface area (Å²) in [6.45, 7) is 5.23. The van der Waals surface area contributed by atoms with Gasteiger partial charge >= 0.3 is 0 Å². The van der Waals surface area contributed by atoms with Crippen LogP contribution in [0.1, 0.15) is 24.2 Å². The Kier molecular flexibility index (Phi) is 4.43. The fourth-order valence-corrected chi connectivity index (χ4v) is 2.20. The SMILES string of the molecule is Cc1ccc(=O)n(C(C)C(=O)Nc2c(C)cccc2Cl)n1. The highest BCUT2D eigenvalue weighted by molar-refractivity contribution is 6.33. The molecule has 1 aromatic carbocycles. The molecule has 1 amide bonds. The molecule has 1 unspecified atom stereocenters. The van der Waals surface area contributed by atoms with Crippen LogP contribution in [0.2, 0.25) is 5.02 Å². The molecule has 1 atom stereocenters. The third kappa shape index (κ3) is 3.31. The predicted octanol–water partition coefficient (Wildman–Crippen LogP) is 2.71. The topological polar surface area (TPSA) is 64.0 Å². The number of nitrogens with zero attached hydrogens (tertiary/aromatic N) is 2. The lowest BCUT2D eigenvalue weighted by Crippen LogP contribution is -2.33. The first-order valence-corrected chi connectivity index (χ1v) is 6.90. The van der Waals surface area contributed by atoms with E-state index in [4.69, 9.17) is 11.6 Å². The van der Waals surface area contributed by atoms with E-state index >= 15 is 0 Å². The molecule has 110 valence electrons. The Labute approximate surface area is 127 Å². The first-order chi connectivity index (χ1) is 9.90. The van der Waals surface area contributed by atoms with E-state index in [-0.39, 0.29) is 11.5 Å². The monoisotopic (exact) mass is 305 g/mol. The molecule has 0 bridgehead atoms. The maximum Gasteiger partial charge on any atom is 0.267 e. The van der Waals surface area contributed by atoms with Gasteiger partial charge in [-0.2, -0.15) is 5.10 Å². The van der Waals surface area contributed by atoms with Crippen molar-refractivity contribution in [3.63, 3.8) is 0 Å². The van der Waals surface area contributed by atoms with Crippen LogP contribution in [0.5, 0.6) is 0 Å². The highest BCUT2D eigenvalue weighted by Crippen LogP contribution is 2.25. The fourth-order valence-electron chi connectivity index (χ4n) is 1.93. The summed E-state index contributed by atoms with van der Waals surface area (Å²) in [4.78, 5) is 24.1. The van der Waals surface area contributed by atoms with Crippen LogP contribution in [0.25, 0.3) is 0 Å². The standard InChI is InChI=1S/C15H16ClN3O2/c1-9-5-4-6-12(16)14(9)17-15(21)11(3)19-13(20)8-7-10(2)18-19/h4-8,11H,1-3H3,(H,17,21). The number of hydrogen-bond donors (Lipinski definition) is 1. The van der Waals surface area contributed by atoms with Gasteiger partial charge in [0.05, 0.1) is 16.4 Å². The van der Waals surface area contributed by atoms with Crippen LogP contribution in [0.4, 0.5) is 5.69 Å². The summed E-state index contributed by atoms with van der Waals surface area (Å²) < 4.78 is 1.16. The van der Waals surface area contributed by atoms with Crippen molar-refractivity contribution in [1.82, 2.24) is 9.78 Å². The van der Waals surface area contributed by atoms with Gasteiger partial charge in [-0.3, -0.25) is 9.59 Å². The Morgan fingerprint density at radius 2 is 2.00 bits per heavy atom. The molecule has 0 radical (unpaired) electrons. The number of para-hydroxylation sites is 1. The number of aryl methyl sites for hydroxylation is 2. The smallest absolute Gasteiger partial charge is 0.267 e. The molecule has 0 aliphatic carbocycles. The van der Waals surface area contributed by atoms with Crippen molar-refractivity contribution in [2.24, 2.45) is 0 Å². The molecule has 1 aromatic heterocycles. The molecule has 0 spiro atoms. The number of carbonyl (C=O) groups excluding carboxylic acids is 1. The number of hydrogen-bond acceptors (Lipinski definition) is 3. The van der Waals surface area contributed by atoms with Crippen LogP contribution in [-0.2, 0) is 4.79 Å². The zero-order valence-corrected chi connectivity index (χ0v) is 12.8. The molecule has 0 saturated heterocycles. The van der Waals surface area contributed by atoms with E-state index < -0.39 is 6.04 Å². The minimum atomic E-state index is -0.729. The second-order valence-electron chi connectivity index (χ2n) is 4.85. The maximum absolute atomic E-state index is 12.3. The van der Waals surface area contributed by atoms with Gasteiger partial charge in [-0.1, -0.05) is 23.7 Å². The van der Waals surface area contributed by atoms with E-state index in [1.807, 2.05) is 19.1 Å². The van der Waals surface area contributed by atoms with Crippen molar-refractivity contribution in [3.05, 3.63) is 57.0 Å². The molecular weight excluding hydrogens is 290 g/mol. The molecule has 1 N–H and O–H groups in total. The van der Waals surface area contributed by atoms with Gasteiger partial charge in [0.2, 0.25) is 5.91 Å². The van der Waals surface area contributed by atoms with Gasteiger partial charge in [-0.05, 0) is 38.5 Å². The second kappa shape index (κ2) is 6.10. The van der Waals surface area contributed by atoms with Gasteiger partial charge in [-0.25, -0.2) is 4.68 Å². The van der Waals surface area contributed by atoms with E-state index in [1.54, 1.807) is 26.0 Å². The van der Waals surface area contributed by atoms with Crippen molar-refractivity contribution in [3.8, 4) is 0 Å². The van der Waals surface area contributed by atoms with Crippen molar-refractivity contribution in [2.45, 2.75) is 26.8 Å². The number of aromatic nitrogens is 2. The van der Waals surface area contributed by atoms with E-state index in [0.29, 0.717) is 16.4 Å². The van der Waals surface area contributed by atoms with Crippen LogP contribution in [-0.4, -0.2) is 15.7 Å². The summed E-state index contributed by atoms with van der Waals surface area (Å²) in [7, 11) is 0. The first-order valence-electron chi connectivity index (χ1n) is 6.52. The first kappa shape index (κ1) is 15.3. The van der Waals surface area contributed by atoms with Crippen LogP contribution in [0.3, 0.4) is 0 Å². The maximum atomic E-state index is 12.3. The number of carbonyl (C=O) groups is 1. The van der Waals surface area contributed by atoms with Gasteiger partial charge < -0.3 is 5.32 Å². The molecule has 1 heterocycles. The molecule has 0 aliphatic heterocycles. The fraction of sp³-hybridized carbons (Fsp3) is 0.267. The van der Waals surface area contributed by atoms with Crippen LogP contribution in [0.15, 0.2) is 35.1 Å². The summed E-state index contributed by atoms with van der Waals surface area (Å²) in [5, 5.41) is 7.30. The number of rotatable bonds is 3. The zero-order chi connectivity index (χ0) is 15.6. The summed E-state index contributed by atoms with van der Waals surface area (Å²) in [5.41, 5.74) is 1.76. The van der Waals surface area contributed by atoms with Gasteiger partial charge in [0, 0.05) is 6.07 Å². The van der Waals surface area contributed by atoms with E-state index in [0.717, 1.165) is 10.2 Å². The Bertz CT molecular complexity index is 720. The summed E-state index contributed by atoms with van der Waals surface area (Å²) >= 11 is 6.08. The lowest BCUT2D eigenvalue weighted by atomic mass is 10.2. The highest BCUT2D eigenvalue weighted by Gasteiger charge is 2.19. The van der Waals surface area contributed by atoms with E-state index in [2.05, 4.69) is 10.4 Å². The van der Waals surface area contributed by atoms with Gasteiger partial charge in [-0.15, -0.1) is 0 Å². The van der Waals surface area contributed by atoms with E-state index in [1.165, 1.54) is 6.07 Å². The Morgan fingerprint density at radius 3 is 2.67 bits per heavy atom. The molecule has 21 heavy (non-hydrogen) atoms. The second-order valence-corrected chi connectivity index (χ2v) is 5.26. The van der Waals surface area contributed by atoms with Crippen LogP contribution in [0, 0.1) is 13.8 Å². The lowest BCUT2D eigenvalue weighted by Gasteiger charge is -2.16. The largest absolute Gasteiger partial charge is 0.323 e. The number of nitrogens with one attached hydrogen (secondary N) is 1. The molecule has 0 saturated carbocycles. The highest BCUT2D eigenvalue weighted by atomic mass is 35.5. The summed E-state index contributed by atoms with van der Waals surface area (Å²) in [6, 6.07) is 7.64. The Hall–Kier alpha value is -2.14. The molecular formula is C15H16ClN3O2. The van der Waals surface area contributed by atoms with Gasteiger partial charge in [0.15, 0.2) is 0 Å². The number of benzene rings is 1. The van der Waals surface area contributed by atoms with E-state index in [9.17, 15) is 9.59 Å². The number of halogens is 1. The molecule has 2 aromatic rings. The molecule has 5 nitrogen and oxygen atoms in total. The van der Waals surface area contributed by atoms with Crippen LogP contribution >= 0.6 is 11.6 Å². The number of anilines is 1. The van der Waals surface area contributed by atoms with Crippen molar-refractivity contribution in [2.75, 3.05) is 5.32 Å². The van der Waals surface area contributed by atoms with Crippen molar-refractivity contribution < 1.29 is 4.79 Å². The molecule has 0 fully saturated rings. The van der Waals surface area contributed by atoms with Crippen LogP contribution < -0.4 is 10.9 Å². The lowest BCUT2D eigenvalue weighted by molar-refractivity contribution is -0.119. The Balaban J connectivity index is 2.28. The molecule has 6 heteroatoms. The minimum Gasteiger partial charge on any atom is -0.323 e. The summed E-state index contributed by atoms with van der Waals surface area (Å²) in [5.74, 6) is -0.341. The average molecular weight is 306 g/mol. The Morgan fingerprint density at radius 1 is 1.29 bits per heavy atom. The van der Waals surface area contributed by atoms with Crippen molar-refractivity contribution >= 4 is 23.2 Å². The minimum absolute atomic E-state index is 0.320. The molecule has 0 aliphatic rings. The molecule has 2 rings (SSSR count).